The van der Waals surface area contributed by atoms with E-state index in [1.807, 2.05) is 42.6 Å². The number of ether oxygens (including phenoxy) is 1. The number of pyridine rings is 1. The Morgan fingerprint density at radius 2 is 1.81 bits per heavy atom. The molecule has 5 heteroatoms. The number of rotatable bonds is 8. The molecule has 1 aliphatic carbocycles. The lowest BCUT2D eigenvalue weighted by Crippen LogP contribution is -2.45. The predicted molar refractivity (Wildman–Crippen MR) is 125 cm³/mol. The fraction of sp³-hybridized carbons (Fsp3) is 0.556. The van der Waals surface area contributed by atoms with Crippen LogP contribution in [0.1, 0.15) is 68.4 Å². The fourth-order valence-electron chi connectivity index (χ4n) is 5.46. The van der Waals surface area contributed by atoms with Gasteiger partial charge < -0.3 is 15.2 Å². The quantitative estimate of drug-likeness (QED) is 0.593. The van der Waals surface area contributed by atoms with E-state index in [1.54, 1.807) is 6.20 Å². The van der Waals surface area contributed by atoms with Gasteiger partial charge in [-0.2, -0.15) is 0 Å². The summed E-state index contributed by atoms with van der Waals surface area (Å²) in [7, 11) is 0. The van der Waals surface area contributed by atoms with Crippen LogP contribution in [-0.2, 0) is 15.1 Å². The maximum absolute atomic E-state index is 13.5. The standard InChI is InChI=1S/C27H36N2O3/c30-26(27(31,24-9-3-1-4-10-24)25-11-5-2-6-12-25)32-20-23(22-8-7-15-29-19-22)18-21-13-16-28-17-14-21/h1,3-4,7-10,15,19,21,23,25,28,31H,2,5-6,11-14,16-18,20H2. The molecule has 2 fully saturated rings. The van der Waals surface area contributed by atoms with E-state index in [1.165, 1.54) is 0 Å². The molecule has 2 N–H and O–H groups in total. The first kappa shape index (κ1) is 22.9. The molecule has 172 valence electrons. The van der Waals surface area contributed by atoms with Gasteiger partial charge >= 0.3 is 5.97 Å². The summed E-state index contributed by atoms with van der Waals surface area (Å²) < 4.78 is 5.94. The number of benzene rings is 1. The Hall–Kier alpha value is -2.24. The molecule has 0 radical (unpaired) electrons. The summed E-state index contributed by atoms with van der Waals surface area (Å²) in [5.74, 6) is 0.0795. The number of hydrogen-bond donors (Lipinski definition) is 2. The van der Waals surface area contributed by atoms with E-state index in [2.05, 4.69) is 16.4 Å². The molecule has 4 rings (SSSR count). The summed E-state index contributed by atoms with van der Waals surface area (Å²) in [6.07, 6.45) is 11.8. The predicted octanol–water partition coefficient (Wildman–Crippen LogP) is 4.57. The number of piperidine rings is 1. The second-order valence-electron chi connectivity index (χ2n) is 9.48. The zero-order valence-corrected chi connectivity index (χ0v) is 18.9. The molecule has 0 amide bonds. The number of nitrogens with zero attached hydrogens (tertiary/aromatic N) is 1. The van der Waals surface area contributed by atoms with Gasteiger partial charge in [0.25, 0.3) is 0 Å². The van der Waals surface area contributed by atoms with Gasteiger partial charge in [-0.1, -0.05) is 55.7 Å². The topological polar surface area (TPSA) is 71.5 Å². The average Bonchev–Trinajstić information content (AvgIpc) is 2.88. The van der Waals surface area contributed by atoms with Crippen LogP contribution >= 0.6 is 0 Å². The number of carbonyl (C=O) groups excluding carboxylic acids is 1. The lowest BCUT2D eigenvalue weighted by Gasteiger charge is -2.37. The molecular formula is C27H36N2O3. The van der Waals surface area contributed by atoms with Gasteiger partial charge in [0.1, 0.15) is 0 Å². The Bertz CT molecular complexity index is 832. The Kier molecular flexibility index (Phi) is 7.93. The molecule has 1 saturated carbocycles. The monoisotopic (exact) mass is 436 g/mol. The molecule has 1 saturated heterocycles. The van der Waals surface area contributed by atoms with Crippen molar-refractivity contribution in [2.24, 2.45) is 11.8 Å². The van der Waals surface area contributed by atoms with E-state index in [0.29, 0.717) is 11.5 Å². The molecule has 2 aromatic rings. The van der Waals surface area contributed by atoms with Gasteiger partial charge in [0.2, 0.25) is 0 Å². The van der Waals surface area contributed by atoms with E-state index in [0.717, 1.165) is 70.0 Å². The highest BCUT2D eigenvalue weighted by molar-refractivity contribution is 5.81. The minimum Gasteiger partial charge on any atom is -0.463 e. The molecular weight excluding hydrogens is 400 g/mol. The summed E-state index contributed by atoms with van der Waals surface area (Å²) in [6, 6.07) is 13.4. The summed E-state index contributed by atoms with van der Waals surface area (Å²) in [5, 5.41) is 15.2. The summed E-state index contributed by atoms with van der Waals surface area (Å²) in [5.41, 5.74) is 0.156. The van der Waals surface area contributed by atoms with Gasteiger partial charge in [-0.25, -0.2) is 4.79 Å². The van der Waals surface area contributed by atoms with E-state index in [9.17, 15) is 9.90 Å². The van der Waals surface area contributed by atoms with Crippen molar-refractivity contribution in [3.8, 4) is 0 Å². The van der Waals surface area contributed by atoms with Crippen LogP contribution in [0.15, 0.2) is 54.9 Å². The van der Waals surface area contributed by atoms with Crippen LogP contribution in [0.25, 0.3) is 0 Å². The third-order valence-electron chi connectivity index (χ3n) is 7.37. The van der Waals surface area contributed by atoms with Gasteiger partial charge in [0, 0.05) is 24.2 Å². The highest BCUT2D eigenvalue weighted by atomic mass is 16.5. The number of hydrogen-bond acceptors (Lipinski definition) is 5. The van der Waals surface area contributed by atoms with Crippen molar-refractivity contribution in [3.63, 3.8) is 0 Å². The Morgan fingerprint density at radius 3 is 2.50 bits per heavy atom. The zero-order valence-electron chi connectivity index (χ0n) is 18.9. The summed E-state index contributed by atoms with van der Waals surface area (Å²) in [4.78, 5) is 17.8. The second kappa shape index (κ2) is 11.1. The van der Waals surface area contributed by atoms with Crippen molar-refractivity contribution in [2.75, 3.05) is 19.7 Å². The molecule has 1 aliphatic heterocycles. The molecule has 32 heavy (non-hydrogen) atoms. The van der Waals surface area contributed by atoms with Crippen LogP contribution < -0.4 is 5.32 Å². The van der Waals surface area contributed by atoms with Crippen molar-refractivity contribution in [1.29, 1.82) is 0 Å². The number of esters is 1. The number of aliphatic hydroxyl groups is 1. The van der Waals surface area contributed by atoms with Crippen molar-refractivity contribution in [2.45, 2.75) is 62.9 Å². The van der Waals surface area contributed by atoms with Gasteiger partial charge in [-0.15, -0.1) is 0 Å². The van der Waals surface area contributed by atoms with Crippen molar-refractivity contribution < 1.29 is 14.6 Å². The van der Waals surface area contributed by atoms with Gasteiger partial charge in [0.15, 0.2) is 5.60 Å². The van der Waals surface area contributed by atoms with E-state index >= 15 is 0 Å². The summed E-state index contributed by atoms with van der Waals surface area (Å²) in [6.45, 7) is 2.36. The van der Waals surface area contributed by atoms with E-state index in [4.69, 9.17) is 4.74 Å². The smallest absolute Gasteiger partial charge is 0.343 e. The van der Waals surface area contributed by atoms with Crippen LogP contribution in [0.3, 0.4) is 0 Å². The molecule has 2 aliphatic rings. The Morgan fingerprint density at radius 1 is 1.06 bits per heavy atom. The number of carbonyl (C=O) groups is 1. The van der Waals surface area contributed by atoms with Crippen LogP contribution in [0.4, 0.5) is 0 Å². The maximum atomic E-state index is 13.5. The van der Waals surface area contributed by atoms with E-state index in [-0.39, 0.29) is 18.4 Å². The minimum absolute atomic E-state index is 0.0853. The van der Waals surface area contributed by atoms with Crippen LogP contribution in [0.5, 0.6) is 0 Å². The first-order chi connectivity index (χ1) is 15.7. The van der Waals surface area contributed by atoms with Crippen molar-refractivity contribution >= 4 is 5.97 Å². The number of aromatic nitrogens is 1. The number of nitrogens with one attached hydrogen (secondary N) is 1. The van der Waals surface area contributed by atoms with E-state index < -0.39 is 11.6 Å². The maximum Gasteiger partial charge on any atom is 0.343 e. The SMILES string of the molecule is O=C(OCC(CC1CCNCC1)c1cccnc1)C(O)(c1ccccc1)C1CCCCC1. The average molecular weight is 437 g/mol. The highest BCUT2D eigenvalue weighted by Gasteiger charge is 2.47. The van der Waals surface area contributed by atoms with Crippen LogP contribution in [0, 0.1) is 11.8 Å². The van der Waals surface area contributed by atoms with Gasteiger partial charge in [-0.3, -0.25) is 4.98 Å². The lowest BCUT2D eigenvalue weighted by molar-refractivity contribution is -0.176. The first-order valence-electron chi connectivity index (χ1n) is 12.2. The lowest BCUT2D eigenvalue weighted by atomic mass is 9.73. The molecule has 5 nitrogen and oxygen atoms in total. The highest BCUT2D eigenvalue weighted by Crippen LogP contribution is 2.41. The largest absolute Gasteiger partial charge is 0.463 e. The second-order valence-corrected chi connectivity index (χ2v) is 9.48. The third-order valence-corrected chi connectivity index (χ3v) is 7.37. The molecule has 2 unspecified atom stereocenters. The molecule has 1 aromatic carbocycles. The molecule has 2 heterocycles. The molecule has 2 atom stereocenters. The van der Waals surface area contributed by atoms with Gasteiger partial charge in [-0.05, 0) is 68.3 Å². The Balaban J connectivity index is 1.51. The minimum atomic E-state index is -1.59. The zero-order chi connectivity index (χ0) is 22.2. The van der Waals surface area contributed by atoms with Crippen molar-refractivity contribution in [1.82, 2.24) is 10.3 Å². The Labute approximate surface area is 191 Å². The molecule has 1 aromatic heterocycles. The summed E-state index contributed by atoms with van der Waals surface area (Å²) >= 11 is 0. The third kappa shape index (κ3) is 5.38. The molecule has 0 bridgehead atoms. The van der Waals surface area contributed by atoms with Crippen LogP contribution in [0.2, 0.25) is 0 Å². The first-order valence-corrected chi connectivity index (χ1v) is 12.2. The van der Waals surface area contributed by atoms with Crippen molar-refractivity contribution in [3.05, 3.63) is 66.0 Å². The van der Waals surface area contributed by atoms with Crippen LogP contribution in [-0.4, -0.2) is 35.8 Å². The fourth-order valence-corrected chi connectivity index (χ4v) is 5.46. The normalized spacial score (nSPS) is 20.9. The molecule has 0 spiro atoms. The van der Waals surface area contributed by atoms with Gasteiger partial charge in [0.05, 0.1) is 6.61 Å².